The third kappa shape index (κ3) is 6.29. The molecule has 0 bridgehead atoms. The molecule has 240 valence electrons. The standard InChI is InChI=1S/C21H27N7O12P2S2/c1-33-17-16-12(38-20(17)27-4-3-13(29)26-21(27)30)7-35-41(31,43)39-10-5-14(28-9-25-15-18(22)23-8-24-19(15)28)37-11(10)6-36-42(32,40-16)44-34-2/h3-4,8-12,14,16-17,20H,5-7H2,1-2H3,(H,31,43)(H2,22,23,24)(H,26,29,30)/t10-,11+,12+,14+,16+,17+,20+,41?,42?/m0/s1. The molecule has 0 aliphatic carbocycles. The van der Waals surface area contributed by atoms with Crippen LogP contribution in [0.5, 0.6) is 0 Å². The number of thiol groups is 1. The highest BCUT2D eigenvalue weighted by Gasteiger charge is 2.53. The highest BCUT2D eigenvalue weighted by molar-refractivity contribution is 8.52. The lowest BCUT2D eigenvalue weighted by Crippen LogP contribution is -2.40. The minimum Gasteiger partial charge on any atom is -0.382 e. The van der Waals surface area contributed by atoms with Crippen LogP contribution < -0.4 is 17.0 Å². The molecule has 2 unspecified atom stereocenters. The van der Waals surface area contributed by atoms with Crippen LogP contribution in [-0.4, -0.2) is 87.0 Å². The van der Waals surface area contributed by atoms with E-state index >= 15 is 0 Å². The molecule has 0 saturated carbocycles. The first-order valence-corrected chi connectivity index (χ1v) is 18.5. The topological polar surface area (TPSA) is 232 Å². The van der Waals surface area contributed by atoms with Gasteiger partial charge in [0.05, 0.1) is 26.7 Å². The summed E-state index contributed by atoms with van der Waals surface area (Å²) in [6.07, 6.45) is -3.17. The SMILES string of the molecule is COSP1(=O)OC[C@H]2O[C@@H](n3cnc4c(N)ncnc43)C[C@@H]2OP(=O)(S)OC[C@H]2O[C@@H](n3ccc(=O)[nH]c3=O)[C@H](OC)[C@@H]2O1. The number of nitrogens with zero attached hydrogens (tertiary/aromatic N) is 5. The van der Waals surface area contributed by atoms with Crippen LogP contribution >= 0.6 is 37.5 Å². The Morgan fingerprint density at radius 2 is 1.86 bits per heavy atom. The predicted octanol–water partition coefficient (Wildman–Crippen LogP) is 1.42. The van der Waals surface area contributed by atoms with Gasteiger partial charge in [0, 0.05) is 25.8 Å². The number of methoxy groups -OCH3 is 1. The van der Waals surface area contributed by atoms with E-state index < -0.39 is 74.4 Å². The third-order valence-electron chi connectivity index (χ3n) is 7.04. The molecule has 0 radical (unpaired) electrons. The molecule has 3 aliphatic heterocycles. The maximum Gasteiger partial charge on any atom is 0.416 e. The summed E-state index contributed by atoms with van der Waals surface area (Å²) in [6.45, 7) is -9.10. The zero-order valence-electron chi connectivity index (χ0n) is 22.9. The first-order chi connectivity index (χ1) is 21.0. The van der Waals surface area contributed by atoms with Crippen molar-refractivity contribution in [1.29, 1.82) is 0 Å². The maximum atomic E-state index is 14.0. The third-order valence-corrected chi connectivity index (χ3v) is 11.6. The predicted molar refractivity (Wildman–Crippen MR) is 155 cm³/mol. The molecule has 23 heteroatoms. The second-order valence-electron chi connectivity index (χ2n) is 9.69. The van der Waals surface area contributed by atoms with E-state index in [1.54, 1.807) is 4.57 Å². The number of hydrogen-bond acceptors (Lipinski definition) is 17. The minimum atomic E-state index is -4.18. The Labute approximate surface area is 257 Å². The second kappa shape index (κ2) is 12.6. The fraction of sp³-hybridized carbons (Fsp3) is 0.571. The Hall–Kier alpha value is -2.13. The Morgan fingerprint density at radius 3 is 2.61 bits per heavy atom. The van der Waals surface area contributed by atoms with E-state index in [1.807, 2.05) is 0 Å². The number of aromatic amines is 1. The summed E-state index contributed by atoms with van der Waals surface area (Å²) >= 11 is 4.59. The first-order valence-electron chi connectivity index (χ1n) is 12.9. The molecule has 3 saturated heterocycles. The van der Waals surface area contributed by atoms with Crippen molar-refractivity contribution >= 4 is 54.5 Å². The van der Waals surface area contributed by atoms with E-state index in [1.165, 1.54) is 33.1 Å². The van der Waals surface area contributed by atoms with Crippen LogP contribution in [0, 0.1) is 0 Å². The van der Waals surface area contributed by atoms with E-state index in [4.69, 9.17) is 42.2 Å². The molecule has 0 amide bonds. The highest BCUT2D eigenvalue weighted by atomic mass is 32.7. The van der Waals surface area contributed by atoms with Crippen molar-refractivity contribution in [2.24, 2.45) is 0 Å². The number of nitrogens with two attached hydrogens (primary N) is 1. The fourth-order valence-electron chi connectivity index (χ4n) is 5.13. The minimum absolute atomic E-state index is 0.116. The lowest BCUT2D eigenvalue weighted by atomic mass is 10.1. The van der Waals surface area contributed by atoms with E-state index in [9.17, 15) is 18.7 Å². The molecule has 3 aliphatic rings. The molecule has 19 nitrogen and oxygen atoms in total. The number of H-pyrrole nitrogens is 1. The largest absolute Gasteiger partial charge is 0.416 e. The number of ether oxygens (including phenoxy) is 3. The average molecular weight is 696 g/mol. The van der Waals surface area contributed by atoms with Crippen molar-refractivity contribution in [1.82, 2.24) is 29.1 Å². The summed E-state index contributed by atoms with van der Waals surface area (Å²) < 4.78 is 76.1. The molecule has 6 rings (SSSR count). The quantitative estimate of drug-likeness (QED) is 0.194. The van der Waals surface area contributed by atoms with Gasteiger partial charge in [-0.2, -0.15) is 0 Å². The van der Waals surface area contributed by atoms with E-state index in [2.05, 4.69) is 32.2 Å². The summed E-state index contributed by atoms with van der Waals surface area (Å²) in [4.78, 5) is 38.7. The number of nitrogen functional groups attached to an aromatic ring is 1. The van der Waals surface area contributed by atoms with Crippen LogP contribution in [0.3, 0.4) is 0 Å². The van der Waals surface area contributed by atoms with E-state index in [-0.39, 0.29) is 18.8 Å². The van der Waals surface area contributed by atoms with Crippen LogP contribution in [-0.2, 0) is 45.6 Å². The number of nitrogens with one attached hydrogen (secondary N) is 1. The maximum absolute atomic E-state index is 14.0. The van der Waals surface area contributed by atoms with Gasteiger partial charge in [-0.25, -0.2) is 28.9 Å². The molecule has 3 aromatic rings. The van der Waals surface area contributed by atoms with Crippen LogP contribution in [0.15, 0.2) is 34.5 Å². The number of fused-ring (bicyclic) bond motifs is 3. The van der Waals surface area contributed by atoms with Gasteiger partial charge in [0.2, 0.25) is 0 Å². The van der Waals surface area contributed by atoms with Crippen molar-refractivity contribution < 1.29 is 45.6 Å². The molecule has 3 fully saturated rings. The van der Waals surface area contributed by atoms with Gasteiger partial charge >= 0.3 is 19.3 Å². The van der Waals surface area contributed by atoms with E-state index in [0.29, 0.717) is 22.8 Å². The van der Waals surface area contributed by atoms with Crippen LogP contribution in [0.2, 0.25) is 0 Å². The number of imidazole rings is 1. The number of rotatable bonds is 5. The zero-order chi connectivity index (χ0) is 31.2. The van der Waals surface area contributed by atoms with Gasteiger partial charge in [-0.3, -0.25) is 37.0 Å². The summed E-state index contributed by atoms with van der Waals surface area (Å²) in [6, 6.07) is 1.12. The average Bonchev–Trinajstić information content (AvgIpc) is 3.66. The number of hydrogen-bond donors (Lipinski definition) is 3. The zero-order valence-corrected chi connectivity index (χ0v) is 26.4. The lowest BCUT2D eigenvalue weighted by molar-refractivity contribution is -0.0624. The highest BCUT2D eigenvalue weighted by Crippen LogP contribution is 2.64. The second-order valence-corrected chi connectivity index (χ2v) is 16.2. The lowest BCUT2D eigenvalue weighted by Gasteiger charge is -2.29. The molecule has 3 aromatic heterocycles. The van der Waals surface area contributed by atoms with Gasteiger partial charge in [0.25, 0.3) is 5.56 Å². The van der Waals surface area contributed by atoms with Crippen molar-refractivity contribution in [2.75, 3.05) is 33.2 Å². The van der Waals surface area contributed by atoms with Crippen LogP contribution in [0.1, 0.15) is 18.9 Å². The van der Waals surface area contributed by atoms with Crippen LogP contribution in [0.25, 0.3) is 11.2 Å². The summed E-state index contributed by atoms with van der Waals surface area (Å²) in [5.41, 5.74) is 5.24. The normalized spacial score (nSPS) is 36.4. The number of anilines is 1. The molecule has 3 N–H and O–H groups in total. The monoisotopic (exact) mass is 695 g/mol. The molecule has 0 spiro atoms. The summed E-state index contributed by atoms with van der Waals surface area (Å²) in [5.74, 6) is 0.176. The summed E-state index contributed by atoms with van der Waals surface area (Å²) in [7, 11) is 2.59. The van der Waals surface area contributed by atoms with Gasteiger partial charge in [-0.15, -0.1) is 0 Å². The van der Waals surface area contributed by atoms with E-state index in [0.717, 1.165) is 10.6 Å². The summed E-state index contributed by atoms with van der Waals surface area (Å²) in [5, 5.41) is 0. The van der Waals surface area contributed by atoms with Gasteiger partial charge in [0.15, 0.2) is 17.7 Å². The van der Waals surface area contributed by atoms with Gasteiger partial charge in [-0.1, -0.05) is 12.2 Å². The Balaban J connectivity index is 1.30. The van der Waals surface area contributed by atoms with Crippen molar-refractivity contribution in [2.45, 2.75) is 49.4 Å². The Kier molecular flexibility index (Phi) is 9.10. The van der Waals surface area contributed by atoms with Crippen molar-refractivity contribution in [3.63, 3.8) is 0 Å². The van der Waals surface area contributed by atoms with Crippen molar-refractivity contribution in [3.05, 3.63) is 45.8 Å². The molecule has 0 aromatic carbocycles. The molecular weight excluding hydrogens is 668 g/mol. The molecule has 6 heterocycles. The molecular formula is C21H27N7O12P2S2. The van der Waals surface area contributed by atoms with Gasteiger partial charge < -0.3 is 24.1 Å². The van der Waals surface area contributed by atoms with Crippen LogP contribution in [0.4, 0.5) is 5.82 Å². The smallest absolute Gasteiger partial charge is 0.382 e. The Bertz CT molecular complexity index is 1740. The molecule has 44 heavy (non-hydrogen) atoms. The van der Waals surface area contributed by atoms with Gasteiger partial charge in [0.1, 0.15) is 60.3 Å². The van der Waals surface area contributed by atoms with Gasteiger partial charge in [-0.05, 0) is 0 Å². The molecule has 9 atom stereocenters. The fourth-order valence-corrected chi connectivity index (χ4v) is 9.12. The first kappa shape index (κ1) is 31.8. The Morgan fingerprint density at radius 1 is 1.07 bits per heavy atom. The number of aromatic nitrogens is 6. The van der Waals surface area contributed by atoms with Crippen molar-refractivity contribution in [3.8, 4) is 0 Å².